The van der Waals surface area contributed by atoms with Crippen molar-refractivity contribution in [3.8, 4) is 11.9 Å². The normalized spacial score (nSPS) is 25.0. The number of aromatic nitrogens is 2. The number of ether oxygens (including phenoxy) is 1. The van der Waals surface area contributed by atoms with E-state index >= 15 is 0 Å². The Bertz CT molecular complexity index is 985. The first-order chi connectivity index (χ1) is 14.9. The van der Waals surface area contributed by atoms with E-state index in [1.165, 1.54) is 6.20 Å². The van der Waals surface area contributed by atoms with Gasteiger partial charge in [-0.1, -0.05) is 6.07 Å². The molecule has 0 bridgehead atoms. The molecule has 8 nitrogen and oxygen atoms in total. The molecular formula is C23H28N6O2. The SMILES string of the molecule is Cc1cc(C#N)cnc1C(=O)NC1CCC2NNC(c3ccc(OC(C)C)nc3)C2C1. The van der Waals surface area contributed by atoms with Crippen LogP contribution in [-0.4, -0.2) is 34.1 Å². The third-order valence-corrected chi connectivity index (χ3v) is 5.98. The van der Waals surface area contributed by atoms with E-state index in [1.807, 2.05) is 26.1 Å². The molecule has 4 rings (SSSR count). The van der Waals surface area contributed by atoms with Crippen LogP contribution in [0.1, 0.15) is 66.3 Å². The Morgan fingerprint density at radius 1 is 1.26 bits per heavy atom. The number of hydrazine groups is 1. The van der Waals surface area contributed by atoms with Crippen LogP contribution in [0.2, 0.25) is 0 Å². The molecule has 4 atom stereocenters. The van der Waals surface area contributed by atoms with E-state index in [2.05, 4.69) is 38.3 Å². The zero-order chi connectivity index (χ0) is 22.0. The molecule has 162 valence electrons. The van der Waals surface area contributed by atoms with E-state index in [4.69, 9.17) is 10.00 Å². The zero-order valence-corrected chi connectivity index (χ0v) is 18.1. The highest BCUT2D eigenvalue weighted by Gasteiger charge is 2.41. The maximum absolute atomic E-state index is 12.8. The Morgan fingerprint density at radius 2 is 2.10 bits per heavy atom. The van der Waals surface area contributed by atoms with Gasteiger partial charge >= 0.3 is 0 Å². The number of nitriles is 1. The van der Waals surface area contributed by atoms with Crippen LogP contribution in [-0.2, 0) is 0 Å². The molecule has 1 saturated carbocycles. The molecule has 1 aliphatic heterocycles. The second kappa shape index (κ2) is 9.00. The predicted octanol–water partition coefficient (Wildman–Crippen LogP) is 2.56. The molecule has 2 aliphatic rings. The third-order valence-electron chi connectivity index (χ3n) is 5.98. The fraction of sp³-hybridized carbons (Fsp3) is 0.478. The van der Waals surface area contributed by atoms with Gasteiger partial charge in [-0.2, -0.15) is 5.26 Å². The van der Waals surface area contributed by atoms with Gasteiger partial charge in [-0.15, -0.1) is 0 Å². The molecule has 4 unspecified atom stereocenters. The number of aryl methyl sites for hydroxylation is 1. The lowest BCUT2D eigenvalue weighted by molar-refractivity contribution is 0.0909. The number of hydrogen-bond donors (Lipinski definition) is 3. The van der Waals surface area contributed by atoms with E-state index < -0.39 is 0 Å². The molecule has 1 saturated heterocycles. The second-order valence-corrected chi connectivity index (χ2v) is 8.62. The maximum atomic E-state index is 12.8. The minimum Gasteiger partial charge on any atom is -0.475 e. The van der Waals surface area contributed by atoms with E-state index in [0.717, 1.165) is 24.8 Å². The number of amides is 1. The lowest BCUT2D eigenvalue weighted by Gasteiger charge is -2.33. The van der Waals surface area contributed by atoms with Gasteiger partial charge in [0.15, 0.2) is 0 Å². The third kappa shape index (κ3) is 4.68. The maximum Gasteiger partial charge on any atom is 0.270 e. The van der Waals surface area contributed by atoms with Crippen molar-refractivity contribution >= 4 is 5.91 Å². The summed E-state index contributed by atoms with van der Waals surface area (Å²) in [5, 5.41) is 12.2. The summed E-state index contributed by atoms with van der Waals surface area (Å²) < 4.78 is 5.65. The van der Waals surface area contributed by atoms with Crippen LogP contribution in [0.3, 0.4) is 0 Å². The van der Waals surface area contributed by atoms with Crippen LogP contribution in [0.15, 0.2) is 30.6 Å². The molecule has 8 heteroatoms. The Balaban J connectivity index is 1.42. The fourth-order valence-electron chi connectivity index (χ4n) is 4.53. The lowest BCUT2D eigenvalue weighted by Crippen LogP contribution is -2.44. The minimum atomic E-state index is -0.183. The van der Waals surface area contributed by atoms with Crippen molar-refractivity contribution < 1.29 is 9.53 Å². The van der Waals surface area contributed by atoms with Crippen molar-refractivity contribution in [3.05, 3.63) is 53.0 Å². The molecule has 2 aromatic heterocycles. The summed E-state index contributed by atoms with van der Waals surface area (Å²) in [6.45, 7) is 5.77. The molecule has 0 spiro atoms. The Labute approximate surface area is 182 Å². The zero-order valence-electron chi connectivity index (χ0n) is 18.1. The van der Waals surface area contributed by atoms with Gasteiger partial charge in [-0.3, -0.25) is 10.2 Å². The number of pyridine rings is 2. The predicted molar refractivity (Wildman–Crippen MR) is 115 cm³/mol. The van der Waals surface area contributed by atoms with Gasteiger partial charge in [0.2, 0.25) is 5.88 Å². The van der Waals surface area contributed by atoms with Gasteiger partial charge in [0, 0.05) is 30.5 Å². The summed E-state index contributed by atoms with van der Waals surface area (Å²) in [4.78, 5) is 21.4. The van der Waals surface area contributed by atoms with Gasteiger partial charge in [0.25, 0.3) is 5.91 Å². The van der Waals surface area contributed by atoms with Crippen molar-refractivity contribution in [1.82, 2.24) is 26.1 Å². The number of nitrogens with zero attached hydrogens (tertiary/aromatic N) is 3. The number of nitrogens with one attached hydrogen (secondary N) is 3. The highest BCUT2D eigenvalue weighted by Crippen LogP contribution is 2.38. The summed E-state index contributed by atoms with van der Waals surface area (Å²) in [6.07, 6.45) is 6.14. The minimum absolute atomic E-state index is 0.0753. The van der Waals surface area contributed by atoms with Crippen molar-refractivity contribution in [2.24, 2.45) is 5.92 Å². The van der Waals surface area contributed by atoms with Crippen LogP contribution in [0, 0.1) is 24.2 Å². The van der Waals surface area contributed by atoms with Gasteiger partial charge in [0.05, 0.1) is 17.7 Å². The van der Waals surface area contributed by atoms with Crippen molar-refractivity contribution in [2.75, 3.05) is 0 Å². The quantitative estimate of drug-likeness (QED) is 0.681. The highest BCUT2D eigenvalue weighted by molar-refractivity contribution is 5.93. The van der Waals surface area contributed by atoms with E-state index in [0.29, 0.717) is 34.7 Å². The number of hydrogen-bond acceptors (Lipinski definition) is 7. The molecule has 3 heterocycles. The van der Waals surface area contributed by atoms with Crippen molar-refractivity contribution in [3.63, 3.8) is 0 Å². The first-order valence-corrected chi connectivity index (χ1v) is 10.8. The molecule has 0 aromatic carbocycles. The van der Waals surface area contributed by atoms with Gasteiger partial charge in [-0.25, -0.2) is 15.4 Å². The molecular weight excluding hydrogens is 392 g/mol. The van der Waals surface area contributed by atoms with Crippen LogP contribution in [0.25, 0.3) is 0 Å². The standard InChI is InChI=1S/C23H28N6O2/c1-13(2)31-20-7-4-16(12-25-20)22-18-9-17(5-6-19(18)28-29-22)27-23(30)21-14(3)8-15(10-24)11-26-21/h4,7-8,11-13,17-19,22,28-29H,5-6,9H2,1-3H3,(H,27,30). The van der Waals surface area contributed by atoms with Crippen molar-refractivity contribution in [2.45, 2.75) is 64.3 Å². The van der Waals surface area contributed by atoms with Gasteiger partial charge < -0.3 is 10.1 Å². The van der Waals surface area contributed by atoms with Crippen LogP contribution in [0.5, 0.6) is 5.88 Å². The van der Waals surface area contributed by atoms with Crippen LogP contribution >= 0.6 is 0 Å². The fourth-order valence-corrected chi connectivity index (χ4v) is 4.53. The van der Waals surface area contributed by atoms with E-state index in [-0.39, 0.29) is 24.1 Å². The summed E-state index contributed by atoms with van der Waals surface area (Å²) in [7, 11) is 0. The molecule has 1 aliphatic carbocycles. The monoisotopic (exact) mass is 420 g/mol. The summed E-state index contributed by atoms with van der Waals surface area (Å²) >= 11 is 0. The second-order valence-electron chi connectivity index (χ2n) is 8.62. The largest absolute Gasteiger partial charge is 0.475 e. The van der Waals surface area contributed by atoms with Crippen LogP contribution < -0.4 is 20.9 Å². The smallest absolute Gasteiger partial charge is 0.270 e. The molecule has 31 heavy (non-hydrogen) atoms. The van der Waals surface area contributed by atoms with E-state index in [9.17, 15) is 4.79 Å². The topological polar surface area (TPSA) is 112 Å². The number of carbonyl (C=O) groups is 1. The number of carbonyl (C=O) groups excluding carboxylic acids is 1. The summed E-state index contributed by atoms with van der Waals surface area (Å²) in [5.41, 5.74) is 9.48. The summed E-state index contributed by atoms with van der Waals surface area (Å²) in [5.74, 6) is 0.783. The summed E-state index contributed by atoms with van der Waals surface area (Å²) in [6, 6.07) is 8.27. The van der Waals surface area contributed by atoms with Crippen LogP contribution in [0.4, 0.5) is 0 Å². The molecule has 3 N–H and O–H groups in total. The Hall–Kier alpha value is -3.02. The Morgan fingerprint density at radius 3 is 2.77 bits per heavy atom. The highest BCUT2D eigenvalue weighted by atomic mass is 16.5. The first-order valence-electron chi connectivity index (χ1n) is 10.8. The molecule has 0 radical (unpaired) electrons. The number of fused-ring (bicyclic) bond motifs is 1. The molecule has 2 aromatic rings. The van der Waals surface area contributed by atoms with Gasteiger partial charge in [-0.05, 0) is 63.1 Å². The Kier molecular flexibility index (Phi) is 6.16. The van der Waals surface area contributed by atoms with Crippen molar-refractivity contribution in [1.29, 1.82) is 5.26 Å². The van der Waals surface area contributed by atoms with E-state index in [1.54, 1.807) is 13.0 Å². The average Bonchev–Trinajstić information content (AvgIpc) is 3.17. The molecule has 2 fully saturated rings. The number of rotatable bonds is 5. The first kappa shape index (κ1) is 21.2. The average molecular weight is 421 g/mol. The molecule has 1 amide bonds. The van der Waals surface area contributed by atoms with Gasteiger partial charge in [0.1, 0.15) is 11.8 Å². The lowest BCUT2D eigenvalue weighted by atomic mass is 9.77.